The molecule has 0 fully saturated rings. The lowest BCUT2D eigenvalue weighted by Crippen LogP contribution is -2.28. The van der Waals surface area contributed by atoms with Crippen LogP contribution < -0.4 is 0 Å². The molecular weight excluding hydrogens is 204 g/mol. The Morgan fingerprint density at radius 1 is 1.50 bits per heavy atom. The third kappa shape index (κ3) is 6.77. The minimum absolute atomic E-state index is 0.328. The van der Waals surface area contributed by atoms with E-state index in [4.69, 9.17) is 5.11 Å². The lowest BCUT2D eigenvalue weighted by atomic mass is 10.4. The monoisotopic (exact) mass is 220 g/mol. The van der Waals surface area contributed by atoms with Crippen LogP contribution in [0, 0.1) is 0 Å². The summed E-state index contributed by atoms with van der Waals surface area (Å²) in [6, 6.07) is 0. The number of rotatable bonds is 7. The highest BCUT2D eigenvalue weighted by atomic mass is 32.2. The number of aliphatic carboxylic acids is 1. The van der Waals surface area contributed by atoms with Crippen molar-refractivity contribution in [2.24, 2.45) is 0 Å². The second kappa shape index (κ2) is 7.67. The van der Waals surface area contributed by atoms with Gasteiger partial charge in [-0.25, -0.2) is 4.79 Å². The van der Waals surface area contributed by atoms with Gasteiger partial charge in [-0.05, 0) is 12.2 Å². The molecule has 0 aromatic rings. The molecule has 0 aliphatic carbocycles. The second-order valence-electron chi connectivity index (χ2n) is 2.86. The normalized spacial score (nSPS) is 12.1. The Bertz CT molecular complexity index is 193. The van der Waals surface area contributed by atoms with Gasteiger partial charge >= 0.3 is 11.9 Å². The Hall–Kier alpha value is -0.710. The van der Waals surface area contributed by atoms with Crippen LogP contribution in [0.15, 0.2) is 0 Å². The van der Waals surface area contributed by atoms with Gasteiger partial charge in [0.25, 0.3) is 0 Å². The topological polar surface area (TPSA) is 63.6 Å². The summed E-state index contributed by atoms with van der Waals surface area (Å²) in [5.41, 5.74) is 0. The van der Waals surface area contributed by atoms with Crippen LogP contribution >= 0.6 is 11.8 Å². The first-order chi connectivity index (χ1) is 6.57. The van der Waals surface area contributed by atoms with Gasteiger partial charge in [0.15, 0.2) is 0 Å². The fraction of sp³-hybridized carbons (Fsp3) is 0.778. The molecule has 1 atom stereocenters. The highest BCUT2D eigenvalue weighted by Gasteiger charge is 2.19. The first-order valence-electron chi connectivity index (χ1n) is 4.55. The third-order valence-corrected chi connectivity index (χ3v) is 2.61. The fourth-order valence-corrected chi connectivity index (χ4v) is 1.88. The molecule has 0 aromatic carbocycles. The van der Waals surface area contributed by atoms with Crippen LogP contribution in [0.4, 0.5) is 0 Å². The molecule has 0 saturated carbocycles. The van der Waals surface area contributed by atoms with Crippen molar-refractivity contribution in [2.45, 2.75) is 32.8 Å². The molecule has 0 aromatic heterocycles. The van der Waals surface area contributed by atoms with Crippen LogP contribution in [0.25, 0.3) is 0 Å². The van der Waals surface area contributed by atoms with Gasteiger partial charge in [0.1, 0.15) is 0 Å². The SMILES string of the molecule is CCCCSCC(OC(C)=O)C(=O)O. The quantitative estimate of drug-likeness (QED) is 0.521. The second-order valence-corrected chi connectivity index (χ2v) is 4.01. The maximum Gasteiger partial charge on any atom is 0.345 e. The molecule has 5 heteroatoms. The Labute approximate surface area is 88.0 Å². The number of unbranched alkanes of at least 4 members (excludes halogenated alkanes) is 1. The van der Waals surface area contributed by atoms with Gasteiger partial charge in [-0.3, -0.25) is 4.79 Å². The molecule has 0 aliphatic heterocycles. The van der Waals surface area contributed by atoms with Crippen molar-refractivity contribution in [2.75, 3.05) is 11.5 Å². The Kier molecular flexibility index (Phi) is 7.28. The summed E-state index contributed by atoms with van der Waals surface area (Å²) in [5.74, 6) is -0.395. The van der Waals surface area contributed by atoms with Crippen LogP contribution in [0.5, 0.6) is 0 Å². The first kappa shape index (κ1) is 13.3. The molecule has 14 heavy (non-hydrogen) atoms. The van der Waals surface area contributed by atoms with E-state index in [9.17, 15) is 9.59 Å². The van der Waals surface area contributed by atoms with E-state index in [0.29, 0.717) is 5.75 Å². The van der Waals surface area contributed by atoms with Gasteiger partial charge in [-0.15, -0.1) is 0 Å². The van der Waals surface area contributed by atoms with Gasteiger partial charge in [-0.2, -0.15) is 11.8 Å². The number of carbonyl (C=O) groups excluding carboxylic acids is 1. The molecule has 0 spiro atoms. The lowest BCUT2D eigenvalue weighted by Gasteiger charge is -2.11. The fourth-order valence-electron chi connectivity index (χ4n) is 0.793. The van der Waals surface area contributed by atoms with Crippen LogP contribution in [-0.4, -0.2) is 34.7 Å². The van der Waals surface area contributed by atoms with Crippen LogP contribution in [0.1, 0.15) is 26.7 Å². The van der Waals surface area contributed by atoms with Gasteiger partial charge in [0, 0.05) is 12.7 Å². The van der Waals surface area contributed by atoms with E-state index in [2.05, 4.69) is 11.7 Å². The number of carboxylic acids is 1. The summed E-state index contributed by atoms with van der Waals surface area (Å²) in [6.45, 7) is 3.29. The van der Waals surface area contributed by atoms with Crippen molar-refractivity contribution in [3.8, 4) is 0 Å². The van der Waals surface area contributed by atoms with Crippen molar-refractivity contribution in [1.29, 1.82) is 0 Å². The average molecular weight is 220 g/mol. The van der Waals surface area contributed by atoms with Crippen LogP contribution in [0.2, 0.25) is 0 Å². The van der Waals surface area contributed by atoms with Gasteiger partial charge in [-0.1, -0.05) is 13.3 Å². The zero-order chi connectivity index (χ0) is 11.0. The molecule has 0 bridgehead atoms. The summed E-state index contributed by atoms with van der Waals surface area (Å²) in [4.78, 5) is 21.2. The number of hydrogen-bond donors (Lipinski definition) is 1. The minimum atomic E-state index is -1.08. The molecule has 0 heterocycles. The molecule has 0 amide bonds. The summed E-state index contributed by atoms with van der Waals surface area (Å²) >= 11 is 1.50. The van der Waals surface area contributed by atoms with E-state index < -0.39 is 18.0 Å². The van der Waals surface area contributed by atoms with Gasteiger partial charge in [0.05, 0.1) is 0 Å². The van der Waals surface area contributed by atoms with E-state index >= 15 is 0 Å². The number of hydrogen-bond acceptors (Lipinski definition) is 4. The summed E-state index contributed by atoms with van der Waals surface area (Å²) < 4.78 is 4.63. The van der Waals surface area contributed by atoms with E-state index in [1.54, 1.807) is 0 Å². The standard InChI is InChI=1S/C9H16O4S/c1-3-4-5-14-6-8(9(11)12)13-7(2)10/h8H,3-6H2,1-2H3,(H,11,12). The Balaban J connectivity index is 3.74. The predicted molar refractivity (Wildman–Crippen MR) is 55.4 cm³/mol. The molecule has 1 N–H and O–H groups in total. The molecule has 0 saturated heterocycles. The largest absolute Gasteiger partial charge is 0.478 e. The van der Waals surface area contributed by atoms with Crippen LogP contribution in [-0.2, 0) is 14.3 Å². The number of thioether (sulfide) groups is 1. The van der Waals surface area contributed by atoms with Gasteiger partial charge in [0.2, 0.25) is 6.10 Å². The lowest BCUT2D eigenvalue weighted by molar-refractivity contribution is -0.160. The van der Waals surface area contributed by atoms with E-state index in [-0.39, 0.29) is 0 Å². The molecule has 82 valence electrons. The molecule has 0 radical (unpaired) electrons. The summed E-state index contributed by atoms with van der Waals surface area (Å²) in [6.07, 6.45) is 1.13. The first-order valence-corrected chi connectivity index (χ1v) is 5.71. The van der Waals surface area contributed by atoms with Crippen molar-refractivity contribution in [3.63, 3.8) is 0 Å². The molecule has 1 unspecified atom stereocenters. The maximum absolute atomic E-state index is 10.6. The van der Waals surface area contributed by atoms with Crippen molar-refractivity contribution < 1.29 is 19.4 Å². The highest BCUT2D eigenvalue weighted by Crippen LogP contribution is 2.09. The number of carboxylic acid groups (broad SMARTS) is 1. The molecular formula is C9H16O4S. The van der Waals surface area contributed by atoms with E-state index in [0.717, 1.165) is 18.6 Å². The zero-order valence-electron chi connectivity index (χ0n) is 8.49. The molecule has 4 nitrogen and oxygen atoms in total. The number of esters is 1. The van der Waals surface area contributed by atoms with Crippen molar-refractivity contribution in [3.05, 3.63) is 0 Å². The number of ether oxygens (including phenoxy) is 1. The summed E-state index contributed by atoms with van der Waals surface area (Å²) in [7, 11) is 0. The average Bonchev–Trinajstić information content (AvgIpc) is 2.09. The zero-order valence-corrected chi connectivity index (χ0v) is 9.30. The number of carbonyl (C=O) groups is 2. The molecule has 0 rings (SSSR count). The van der Waals surface area contributed by atoms with E-state index in [1.165, 1.54) is 18.7 Å². The van der Waals surface area contributed by atoms with Crippen LogP contribution in [0.3, 0.4) is 0 Å². The highest BCUT2D eigenvalue weighted by molar-refractivity contribution is 7.99. The van der Waals surface area contributed by atoms with E-state index in [1.807, 2.05) is 0 Å². The maximum atomic E-state index is 10.6. The Morgan fingerprint density at radius 3 is 2.57 bits per heavy atom. The molecule has 0 aliphatic rings. The van der Waals surface area contributed by atoms with Crippen molar-refractivity contribution in [1.82, 2.24) is 0 Å². The Morgan fingerprint density at radius 2 is 2.14 bits per heavy atom. The minimum Gasteiger partial charge on any atom is -0.478 e. The summed E-state index contributed by atoms with van der Waals surface area (Å²) in [5, 5.41) is 8.69. The smallest absolute Gasteiger partial charge is 0.345 e. The van der Waals surface area contributed by atoms with Crippen molar-refractivity contribution >= 4 is 23.7 Å². The predicted octanol–water partition coefficient (Wildman–Crippen LogP) is 1.54. The van der Waals surface area contributed by atoms with Gasteiger partial charge < -0.3 is 9.84 Å². The third-order valence-electron chi connectivity index (χ3n) is 1.50.